The van der Waals surface area contributed by atoms with Crippen molar-refractivity contribution >= 4 is 12.0 Å². The molecule has 0 radical (unpaired) electrons. The Balaban J connectivity index is 2.25. The number of nitrogens with one attached hydrogen (secondary N) is 1. The maximum atomic E-state index is 11.9. The maximum Gasteiger partial charge on any atom is 0.317 e. The molecule has 1 aliphatic rings. The number of likely N-dealkylation sites (tertiary alicyclic amines) is 1. The van der Waals surface area contributed by atoms with Gasteiger partial charge in [0.1, 0.15) is 0 Å². The van der Waals surface area contributed by atoms with E-state index in [0.717, 1.165) is 32.4 Å². The molecule has 2 amide bonds. The van der Waals surface area contributed by atoms with Crippen LogP contribution in [-0.2, 0) is 4.79 Å². The van der Waals surface area contributed by atoms with Gasteiger partial charge in [-0.1, -0.05) is 13.8 Å². The summed E-state index contributed by atoms with van der Waals surface area (Å²) in [5.41, 5.74) is 0. The normalized spacial score (nSPS) is 17.1. The smallest absolute Gasteiger partial charge is 0.317 e. The second-order valence-electron chi connectivity index (χ2n) is 6.00. The minimum Gasteiger partial charge on any atom is -0.481 e. The topological polar surface area (TPSA) is 69.6 Å². The van der Waals surface area contributed by atoms with Crippen molar-refractivity contribution < 1.29 is 14.7 Å². The third-order valence-corrected chi connectivity index (χ3v) is 4.11. The van der Waals surface area contributed by atoms with E-state index in [1.807, 2.05) is 4.90 Å². The molecule has 0 aromatic heterocycles. The maximum absolute atomic E-state index is 11.9. The molecule has 5 heteroatoms. The van der Waals surface area contributed by atoms with Crippen LogP contribution < -0.4 is 5.32 Å². The molecule has 0 saturated carbocycles. The lowest BCUT2D eigenvalue weighted by Gasteiger charge is -2.27. The molecule has 1 saturated heterocycles. The molecule has 5 nitrogen and oxygen atoms in total. The SMILES string of the molecule is CC(C)C(CCNC(=O)N1CCCCC1)CCC(=O)O. The molecule has 1 rings (SSSR count). The first-order chi connectivity index (χ1) is 9.50. The fourth-order valence-electron chi connectivity index (χ4n) is 2.69. The van der Waals surface area contributed by atoms with E-state index in [-0.39, 0.29) is 12.5 Å². The summed E-state index contributed by atoms with van der Waals surface area (Å²) < 4.78 is 0. The quantitative estimate of drug-likeness (QED) is 0.755. The molecule has 0 spiro atoms. The number of hydrogen-bond acceptors (Lipinski definition) is 2. The van der Waals surface area contributed by atoms with Gasteiger partial charge in [0.25, 0.3) is 0 Å². The average molecular weight is 284 g/mol. The largest absolute Gasteiger partial charge is 0.481 e. The molecule has 0 aliphatic carbocycles. The third kappa shape index (κ3) is 6.26. The zero-order valence-corrected chi connectivity index (χ0v) is 12.7. The molecule has 1 atom stereocenters. The summed E-state index contributed by atoms with van der Waals surface area (Å²) in [5, 5.41) is 11.7. The first-order valence-electron chi connectivity index (χ1n) is 7.75. The zero-order chi connectivity index (χ0) is 15.0. The number of nitrogens with zero attached hydrogens (tertiary/aromatic N) is 1. The molecule has 1 aliphatic heterocycles. The van der Waals surface area contributed by atoms with Crippen LogP contribution >= 0.6 is 0 Å². The summed E-state index contributed by atoms with van der Waals surface area (Å²) in [5.74, 6) is 0.0574. The van der Waals surface area contributed by atoms with Crippen molar-refractivity contribution in [3.8, 4) is 0 Å². The highest BCUT2D eigenvalue weighted by atomic mass is 16.4. The van der Waals surface area contributed by atoms with Crippen molar-refractivity contribution in [2.45, 2.75) is 52.4 Å². The van der Waals surface area contributed by atoms with E-state index in [0.29, 0.717) is 24.8 Å². The molecule has 1 fully saturated rings. The van der Waals surface area contributed by atoms with Crippen molar-refractivity contribution in [3.63, 3.8) is 0 Å². The standard InChI is InChI=1S/C15H28N2O3/c1-12(2)13(6-7-14(18)19)8-9-16-15(20)17-10-4-3-5-11-17/h12-13H,3-11H2,1-2H3,(H,16,20)(H,18,19). The van der Waals surface area contributed by atoms with Crippen LogP contribution in [0.25, 0.3) is 0 Å². The molecular weight excluding hydrogens is 256 g/mol. The number of carboxylic acids is 1. The highest BCUT2D eigenvalue weighted by Crippen LogP contribution is 2.20. The minimum absolute atomic E-state index is 0.0328. The Morgan fingerprint density at radius 3 is 2.35 bits per heavy atom. The number of carbonyl (C=O) groups is 2. The van der Waals surface area contributed by atoms with Crippen LogP contribution in [0.3, 0.4) is 0 Å². The molecule has 0 aromatic carbocycles. The van der Waals surface area contributed by atoms with Gasteiger partial charge in [-0.3, -0.25) is 4.79 Å². The second kappa shape index (κ2) is 8.82. The monoisotopic (exact) mass is 284 g/mol. The number of aliphatic carboxylic acids is 1. The van der Waals surface area contributed by atoms with Gasteiger partial charge in [-0.2, -0.15) is 0 Å². The number of rotatable bonds is 7. The van der Waals surface area contributed by atoms with Crippen molar-refractivity contribution in [2.24, 2.45) is 11.8 Å². The van der Waals surface area contributed by atoms with E-state index < -0.39 is 5.97 Å². The lowest BCUT2D eigenvalue weighted by atomic mass is 9.88. The van der Waals surface area contributed by atoms with Gasteiger partial charge < -0.3 is 15.3 Å². The predicted octanol–water partition coefficient (Wildman–Crippen LogP) is 2.71. The van der Waals surface area contributed by atoms with Gasteiger partial charge in [0.2, 0.25) is 0 Å². The Kier molecular flexibility index (Phi) is 7.41. The second-order valence-corrected chi connectivity index (χ2v) is 6.00. The van der Waals surface area contributed by atoms with E-state index in [2.05, 4.69) is 19.2 Å². The molecule has 20 heavy (non-hydrogen) atoms. The van der Waals surface area contributed by atoms with Gasteiger partial charge in [-0.25, -0.2) is 4.79 Å². The van der Waals surface area contributed by atoms with Crippen LogP contribution in [0.1, 0.15) is 52.4 Å². The van der Waals surface area contributed by atoms with Crippen LogP contribution in [0.15, 0.2) is 0 Å². The summed E-state index contributed by atoms with van der Waals surface area (Å²) >= 11 is 0. The molecule has 0 aromatic rings. The predicted molar refractivity (Wildman–Crippen MR) is 78.6 cm³/mol. The van der Waals surface area contributed by atoms with Crippen LogP contribution in [0.5, 0.6) is 0 Å². The Hall–Kier alpha value is -1.26. The lowest BCUT2D eigenvalue weighted by Crippen LogP contribution is -2.43. The van der Waals surface area contributed by atoms with Gasteiger partial charge in [-0.05, 0) is 43.9 Å². The number of amides is 2. The van der Waals surface area contributed by atoms with Gasteiger partial charge in [0, 0.05) is 26.1 Å². The van der Waals surface area contributed by atoms with Crippen LogP contribution in [0, 0.1) is 11.8 Å². The number of urea groups is 1. The van der Waals surface area contributed by atoms with Crippen molar-refractivity contribution in [1.82, 2.24) is 10.2 Å². The van der Waals surface area contributed by atoms with Gasteiger partial charge in [0.05, 0.1) is 0 Å². The molecule has 1 unspecified atom stereocenters. The Labute approximate surface area is 121 Å². The lowest BCUT2D eigenvalue weighted by molar-refractivity contribution is -0.137. The van der Waals surface area contributed by atoms with Crippen LogP contribution in [-0.4, -0.2) is 41.6 Å². The van der Waals surface area contributed by atoms with Gasteiger partial charge in [-0.15, -0.1) is 0 Å². The summed E-state index contributed by atoms with van der Waals surface area (Å²) in [7, 11) is 0. The molecule has 1 heterocycles. The minimum atomic E-state index is -0.743. The third-order valence-electron chi connectivity index (χ3n) is 4.11. The van der Waals surface area contributed by atoms with E-state index in [9.17, 15) is 9.59 Å². The highest BCUT2D eigenvalue weighted by molar-refractivity contribution is 5.74. The van der Waals surface area contributed by atoms with Gasteiger partial charge in [0.15, 0.2) is 0 Å². The first kappa shape index (κ1) is 16.8. The molecule has 116 valence electrons. The fourth-order valence-corrected chi connectivity index (χ4v) is 2.69. The highest BCUT2D eigenvalue weighted by Gasteiger charge is 2.18. The number of carboxylic acid groups (broad SMARTS) is 1. The number of piperidine rings is 1. The van der Waals surface area contributed by atoms with E-state index >= 15 is 0 Å². The molecular formula is C15H28N2O3. The van der Waals surface area contributed by atoms with E-state index in [1.165, 1.54) is 6.42 Å². The van der Waals surface area contributed by atoms with E-state index in [1.54, 1.807) is 0 Å². The fraction of sp³-hybridized carbons (Fsp3) is 0.867. The molecule has 0 bridgehead atoms. The molecule has 2 N–H and O–H groups in total. The van der Waals surface area contributed by atoms with Crippen LogP contribution in [0.4, 0.5) is 4.79 Å². The number of carbonyl (C=O) groups excluding carboxylic acids is 1. The number of hydrogen-bond donors (Lipinski definition) is 2. The van der Waals surface area contributed by atoms with Crippen molar-refractivity contribution in [2.75, 3.05) is 19.6 Å². The van der Waals surface area contributed by atoms with E-state index in [4.69, 9.17) is 5.11 Å². The zero-order valence-electron chi connectivity index (χ0n) is 12.7. The van der Waals surface area contributed by atoms with Crippen LogP contribution in [0.2, 0.25) is 0 Å². The first-order valence-corrected chi connectivity index (χ1v) is 7.75. The van der Waals surface area contributed by atoms with Crippen molar-refractivity contribution in [3.05, 3.63) is 0 Å². The summed E-state index contributed by atoms with van der Waals surface area (Å²) in [6.45, 7) is 6.58. The van der Waals surface area contributed by atoms with Gasteiger partial charge >= 0.3 is 12.0 Å². The Morgan fingerprint density at radius 1 is 1.15 bits per heavy atom. The Bertz CT molecular complexity index is 312. The summed E-state index contributed by atoms with van der Waals surface area (Å²) in [4.78, 5) is 24.5. The Morgan fingerprint density at radius 2 is 1.80 bits per heavy atom. The summed E-state index contributed by atoms with van der Waals surface area (Å²) in [6, 6.07) is 0.0328. The van der Waals surface area contributed by atoms with Crippen molar-refractivity contribution in [1.29, 1.82) is 0 Å². The summed E-state index contributed by atoms with van der Waals surface area (Å²) in [6.07, 6.45) is 5.16. The average Bonchev–Trinajstić information content (AvgIpc) is 2.42.